The molecular weight excluding hydrogens is 304 g/mol. The van der Waals surface area contributed by atoms with Crippen molar-refractivity contribution in [3.8, 4) is 0 Å². The third-order valence-corrected chi connectivity index (χ3v) is 3.51. The molecule has 0 N–H and O–H groups in total. The van der Waals surface area contributed by atoms with Crippen LogP contribution in [-0.2, 0) is 6.42 Å². The molecule has 0 radical (unpaired) electrons. The van der Waals surface area contributed by atoms with E-state index >= 15 is 0 Å². The number of hydrogen-bond acceptors (Lipinski definition) is 3. The van der Waals surface area contributed by atoms with Crippen molar-refractivity contribution in [2.24, 2.45) is 0 Å². The van der Waals surface area contributed by atoms with Gasteiger partial charge >= 0.3 is 0 Å². The lowest BCUT2D eigenvalue weighted by molar-refractivity contribution is 0.112. The highest BCUT2D eigenvalue weighted by atomic mass is 79.9. The number of likely N-dealkylation sites (N-methyl/N-ethyl adjacent to an activating group) is 1. The summed E-state index contributed by atoms with van der Waals surface area (Å²) in [5.74, 6) is 0. The molecule has 0 aliphatic heterocycles. The standard InChI is InChI=1S/C15H15BrN2O/c1-18(9-6-12-4-7-17-8-5-12)15-3-2-14(16)10-13(15)11-19/h2-5,7-8,10-11H,6,9H2,1H3. The molecule has 0 fully saturated rings. The number of carbonyl (C=O) groups is 1. The van der Waals surface area contributed by atoms with E-state index in [0.29, 0.717) is 5.56 Å². The van der Waals surface area contributed by atoms with Crippen LogP contribution in [0.5, 0.6) is 0 Å². The Labute approximate surface area is 121 Å². The summed E-state index contributed by atoms with van der Waals surface area (Å²) in [5.41, 5.74) is 2.89. The highest BCUT2D eigenvalue weighted by molar-refractivity contribution is 9.10. The third kappa shape index (κ3) is 3.64. The zero-order valence-electron chi connectivity index (χ0n) is 10.7. The number of rotatable bonds is 5. The molecule has 19 heavy (non-hydrogen) atoms. The van der Waals surface area contributed by atoms with E-state index in [0.717, 1.165) is 29.4 Å². The maximum atomic E-state index is 11.1. The molecule has 0 unspecified atom stereocenters. The van der Waals surface area contributed by atoms with E-state index in [9.17, 15) is 4.79 Å². The molecule has 0 atom stereocenters. The van der Waals surface area contributed by atoms with Crippen molar-refractivity contribution in [2.45, 2.75) is 6.42 Å². The van der Waals surface area contributed by atoms with Crippen molar-refractivity contribution in [3.05, 3.63) is 58.3 Å². The predicted octanol–water partition coefficient (Wildman–Crippen LogP) is 3.34. The molecule has 0 amide bonds. The normalized spacial score (nSPS) is 10.2. The van der Waals surface area contributed by atoms with Crippen LogP contribution in [0.1, 0.15) is 15.9 Å². The van der Waals surface area contributed by atoms with Gasteiger partial charge in [-0.3, -0.25) is 9.78 Å². The van der Waals surface area contributed by atoms with Gasteiger partial charge in [0.05, 0.1) is 0 Å². The van der Waals surface area contributed by atoms with Gasteiger partial charge in [0.15, 0.2) is 6.29 Å². The minimum Gasteiger partial charge on any atom is -0.374 e. The monoisotopic (exact) mass is 318 g/mol. The Bertz CT molecular complexity index is 557. The van der Waals surface area contributed by atoms with Crippen LogP contribution in [0.15, 0.2) is 47.2 Å². The molecule has 1 heterocycles. The van der Waals surface area contributed by atoms with E-state index in [1.165, 1.54) is 5.56 Å². The molecule has 0 saturated heterocycles. The fraction of sp³-hybridized carbons (Fsp3) is 0.200. The van der Waals surface area contributed by atoms with Gasteiger partial charge in [0, 0.05) is 41.7 Å². The van der Waals surface area contributed by atoms with E-state index in [1.807, 2.05) is 37.4 Å². The van der Waals surface area contributed by atoms with Crippen molar-refractivity contribution in [2.75, 3.05) is 18.5 Å². The van der Waals surface area contributed by atoms with Gasteiger partial charge in [-0.1, -0.05) is 15.9 Å². The molecule has 1 aromatic carbocycles. The highest BCUT2D eigenvalue weighted by Gasteiger charge is 2.07. The molecule has 2 rings (SSSR count). The first-order valence-corrected chi connectivity index (χ1v) is 6.85. The van der Waals surface area contributed by atoms with Crippen LogP contribution >= 0.6 is 15.9 Å². The average Bonchev–Trinajstić information content (AvgIpc) is 2.45. The van der Waals surface area contributed by atoms with Crippen molar-refractivity contribution < 1.29 is 4.79 Å². The summed E-state index contributed by atoms with van der Waals surface area (Å²) in [6.45, 7) is 0.854. The topological polar surface area (TPSA) is 33.2 Å². The van der Waals surface area contributed by atoms with Crippen LogP contribution in [0.3, 0.4) is 0 Å². The highest BCUT2D eigenvalue weighted by Crippen LogP contribution is 2.22. The lowest BCUT2D eigenvalue weighted by Gasteiger charge is -2.21. The average molecular weight is 319 g/mol. The summed E-state index contributed by atoms with van der Waals surface area (Å²) < 4.78 is 0.917. The molecule has 3 nitrogen and oxygen atoms in total. The maximum Gasteiger partial charge on any atom is 0.152 e. The summed E-state index contributed by atoms with van der Waals surface area (Å²) in [7, 11) is 2.00. The molecule has 0 aliphatic rings. The van der Waals surface area contributed by atoms with Gasteiger partial charge in [0.2, 0.25) is 0 Å². The van der Waals surface area contributed by atoms with E-state index < -0.39 is 0 Å². The summed E-state index contributed by atoms with van der Waals surface area (Å²) >= 11 is 3.38. The second-order valence-electron chi connectivity index (χ2n) is 4.35. The quantitative estimate of drug-likeness (QED) is 0.793. The number of nitrogens with zero attached hydrogens (tertiary/aromatic N) is 2. The van der Waals surface area contributed by atoms with Crippen LogP contribution < -0.4 is 4.90 Å². The number of halogens is 1. The fourth-order valence-corrected chi connectivity index (χ4v) is 2.31. The summed E-state index contributed by atoms with van der Waals surface area (Å²) in [4.78, 5) is 17.2. The van der Waals surface area contributed by atoms with Crippen molar-refractivity contribution in [1.29, 1.82) is 0 Å². The van der Waals surface area contributed by atoms with Gasteiger partial charge < -0.3 is 4.90 Å². The summed E-state index contributed by atoms with van der Waals surface area (Å²) in [6.07, 6.45) is 5.41. The second kappa shape index (κ2) is 6.48. The Morgan fingerprint density at radius 3 is 2.68 bits per heavy atom. The smallest absolute Gasteiger partial charge is 0.152 e. The number of carbonyl (C=O) groups excluding carboxylic acids is 1. The first kappa shape index (κ1) is 13.7. The van der Waals surface area contributed by atoms with Crippen LogP contribution in [-0.4, -0.2) is 24.9 Å². The lowest BCUT2D eigenvalue weighted by atomic mass is 10.1. The third-order valence-electron chi connectivity index (χ3n) is 3.01. The van der Waals surface area contributed by atoms with E-state index in [1.54, 1.807) is 12.4 Å². The Morgan fingerprint density at radius 1 is 1.26 bits per heavy atom. The second-order valence-corrected chi connectivity index (χ2v) is 5.26. The van der Waals surface area contributed by atoms with Crippen molar-refractivity contribution >= 4 is 27.9 Å². The number of pyridine rings is 1. The SMILES string of the molecule is CN(CCc1ccncc1)c1ccc(Br)cc1C=O. The molecule has 98 valence electrons. The van der Waals surface area contributed by atoms with Crippen LogP contribution in [0, 0.1) is 0 Å². The molecule has 0 aliphatic carbocycles. The molecule has 0 spiro atoms. The zero-order valence-corrected chi connectivity index (χ0v) is 12.3. The van der Waals surface area contributed by atoms with Gasteiger partial charge in [-0.05, 0) is 42.3 Å². The predicted molar refractivity (Wildman–Crippen MR) is 80.7 cm³/mol. The summed E-state index contributed by atoms with van der Waals surface area (Å²) in [6, 6.07) is 9.77. The minimum absolute atomic E-state index is 0.701. The van der Waals surface area contributed by atoms with Gasteiger partial charge in [-0.25, -0.2) is 0 Å². The molecule has 4 heteroatoms. The van der Waals surface area contributed by atoms with E-state index in [4.69, 9.17) is 0 Å². The number of anilines is 1. The maximum absolute atomic E-state index is 11.1. The molecule has 1 aromatic heterocycles. The van der Waals surface area contributed by atoms with Gasteiger partial charge in [0.25, 0.3) is 0 Å². The Balaban J connectivity index is 2.08. The number of hydrogen-bond donors (Lipinski definition) is 0. The number of benzene rings is 1. The van der Waals surface area contributed by atoms with Crippen LogP contribution in [0.25, 0.3) is 0 Å². The van der Waals surface area contributed by atoms with Crippen molar-refractivity contribution in [3.63, 3.8) is 0 Å². The van der Waals surface area contributed by atoms with Gasteiger partial charge in [-0.15, -0.1) is 0 Å². The number of aromatic nitrogens is 1. The van der Waals surface area contributed by atoms with Gasteiger partial charge in [-0.2, -0.15) is 0 Å². The Kier molecular flexibility index (Phi) is 4.68. The number of aldehydes is 1. The Hall–Kier alpha value is -1.68. The van der Waals surface area contributed by atoms with Gasteiger partial charge in [0.1, 0.15) is 0 Å². The van der Waals surface area contributed by atoms with E-state index in [2.05, 4.69) is 25.8 Å². The molecule has 0 saturated carbocycles. The Morgan fingerprint density at radius 2 is 2.00 bits per heavy atom. The minimum atomic E-state index is 0.701. The fourth-order valence-electron chi connectivity index (χ4n) is 1.93. The first-order valence-electron chi connectivity index (χ1n) is 6.05. The molecule has 2 aromatic rings. The molecule has 0 bridgehead atoms. The largest absolute Gasteiger partial charge is 0.374 e. The molecular formula is C15H15BrN2O. The van der Waals surface area contributed by atoms with Crippen LogP contribution in [0.4, 0.5) is 5.69 Å². The lowest BCUT2D eigenvalue weighted by Crippen LogP contribution is -2.21. The zero-order chi connectivity index (χ0) is 13.7. The van der Waals surface area contributed by atoms with Crippen molar-refractivity contribution in [1.82, 2.24) is 4.98 Å². The van der Waals surface area contributed by atoms with Crippen LogP contribution in [0.2, 0.25) is 0 Å². The van der Waals surface area contributed by atoms with E-state index in [-0.39, 0.29) is 0 Å². The first-order chi connectivity index (χ1) is 9.20. The summed E-state index contributed by atoms with van der Waals surface area (Å²) in [5, 5.41) is 0.